The average molecular weight is 277 g/mol. The molecule has 1 aliphatic heterocycles. The molecule has 0 radical (unpaired) electrons. The number of rotatable bonds is 2. The number of aromatic nitrogens is 1. The van der Waals surface area contributed by atoms with E-state index in [0.717, 1.165) is 12.0 Å². The largest absolute Gasteiger partial charge is 0.375 e. The van der Waals surface area contributed by atoms with Crippen LogP contribution < -0.4 is 5.73 Å². The summed E-state index contributed by atoms with van der Waals surface area (Å²) in [7, 11) is 0. The first-order valence-corrected chi connectivity index (χ1v) is 6.74. The Morgan fingerprint density at radius 1 is 1.42 bits per heavy atom. The van der Waals surface area contributed by atoms with Gasteiger partial charge in [0.15, 0.2) is 5.13 Å². The number of nitrogen functional groups attached to an aromatic ring is 1. The van der Waals surface area contributed by atoms with Gasteiger partial charge in [-0.25, -0.2) is 9.37 Å². The lowest BCUT2D eigenvalue weighted by Gasteiger charge is -2.41. The van der Waals surface area contributed by atoms with Gasteiger partial charge in [0.2, 0.25) is 0 Å². The number of nitrogens with zero attached hydrogens (tertiary/aromatic N) is 2. The summed E-state index contributed by atoms with van der Waals surface area (Å²) in [6.45, 7) is 0.707. The van der Waals surface area contributed by atoms with Crippen molar-refractivity contribution >= 4 is 22.4 Å². The lowest BCUT2D eigenvalue weighted by molar-refractivity contribution is 0.0465. The molecule has 98 valence electrons. The lowest BCUT2D eigenvalue weighted by Crippen LogP contribution is -2.44. The molecule has 2 heterocycles. The highest BCUT2D eigenvalue weighted by Crippen LogP contribution is 2.35. The molecule has 1 aromatic carbocycles. The summed E-state index contributed by atoms with van der Waals surface area (Å²) in [5, 5.41) is 0.391. The molecule has 1 unspecified atom stereocenters. The fourth-order valence-corrected chi connectivity index (χ4v) is 2.83. The van der Waals surface area contributed by atoms with Crippen molar-refractivity contribution in [3.8, 4) is 0 Å². The predicted octanol–water partition coefficient (Wildman–Crippen LogP) is 2.45. The van der Waals surface area contributed by atoms with Crippen molar-refractivity contribution in [2.75, 3.05) is 12.3 Å². The summed E-state index contributed by atoms with van der Waals surface area (Å²) in [5.74, 6) is -0.328. The Morgan fingerprint density at radius 2 is 2.16 bits per heavy atom. The average Bonchev–Trinajstić information content (AvgIpc) is 2.77. The van der Waals surface area contributed by atoms with Crippen molar-refractivity contribution < 1.29 is 9.18 Å². The SMILES string of the molecule is Nc1ncc(C(=O)N2CCC2c2ccc(F)cc2)s1. The van der Waals surface area contributed by atoms with E-state index in [1.807, 2.05) is 0 Å². The first-order valence-electron chi connectivity index (χ1n) is 5.93. The lowest BCUT2D eigenvalue weighted by atomic mass is 9.94. The smallest absolute Gasteiger partial charge is 0.266 e. The third kappa shape index (κ3) is 2.19. The molecule has 1 aliphatic rings. The van der Waals surface area contributed by atoms with Crippen molar-refractivity contribution in [1.29, 1.82) is 0 Å². The van der Waals surface area contributed by atoms with Gasteiger partial charge in [-0.3, -0.25) is 4.79 Å². The van der Waals surface area contributed by atoms with Crippen LogP contribution in [-0.4, -0.2) is 22.3 Å². The second kappa shape index (κ2) is 4.62. The molecule has 2 N–H and O–H groups in total. The van der Waals surface area contributed by atoms with Crippen molar-refractivity contribution in [3.63, 3.8) is 0 Å². The van der Waals surface area contributed by atoms with Crippen LogP contribution in [0.5, 0.6) is 0 Å². The molecule has 0 saturated carbocycles. The number of carbonyl (C=O) groups is 1. The van der Waals surface area contributed by atoms with E-state index in [4.69, 9.17) is 5.73 Å². The van der Waals surface area contributed by atoms with Crippen molar-refractivity contribution in [2.24, 2.45) is 0 Å². The van der Waals surface area contributed by atoms with Crippen LogP contribution in [0.3, 0.4) is 0 Å². The summed E-state index contributed by atoms with van der Waals surface area (Å²) in [5.41, 5.74) is 6.49. The van der Waals surface area contributed by atoms with E-state index in [9.17, 15) is 9.18 Å². The maximum absolute atomic E-state index is 12.9. The van der Waals surface area contributed by atoms with E-state index < -0.39 is 0 Å². The first-order chi connectivity index (χ1) is 9.15. The Bertz CT molecular complexity index is 611. The van der Waals surface area contributed by atoms with Crippen LogP contribution in [0.4, 0.5) is 9.52 Å². The summed E-state index contributed by atoms with van der Waals surface area (Å²) in [4.78, 5) is 18.5. The number of thiazole rings is 1. The highest BCUT2D eigenvalue weighted by molar-refractivity contribution is 7.17. The second-order valence-electron chi connectivity index (χ2n) is 4.42. The Morgan fingerprint density at radius 3 is 2.68 bits per heavy atom. The molecular formula is C13H12FN3OS. The molecule has 1 aromatic heterocycles. The van der Waals surface area contributed by atoms with Crippen molar-refractivity contribution in [2.45, 2.75) is 12.5 Å². The summed E-state index contributed by atoms with van der Waals surface area (Å²) < 4.78 is 12.9. The first kappa shape index (κ1) is 12.1. The number of hydrogen-bond donors (Lipinski definition) is 1. The Hall–Kier alpha value is -1.95. The molecule has 2 aromatic rings. The number of amides is 1. The summed E-state index contributed by atoms with van der Waals surface area (Å²) in [6.07, 6.45) is 2.40. The monoisotopic (exact) mass is 277 g/mol. The van der Waals surface area contributed by atoms with E-state index >= 15 is 0 Å². The number of likely N-dealkylation sites (tertiary alicyclic amines) is 1. The molecule has 1 saturated heterocycles. The molecule has 3 rings (SSSR count). The molecule has 1 fully saturated rings. The minimum atomic E-state index is -0.267. The van der Waals surface area contributed by atoms with Gasteiger partial charge in [0.05, 0.1) is 12.2 Å². The molecule has 4 nitrogen and oxygen atoms in total. The van der Waals surface area contributed by atoms with Gasteiger partial charge in [-0.2, -0.15) is 0 Å². The normalized spacial score (nSPS) is 18.2. The number of benzene rings is 1. The van der Waals surface area contributed by atoms with Crippen LogP contribution in [0.2, 0.25) is 0 Å². The number of halogens is 1. The maximum Gasteiger partial charge on any atom is 0.266 e. The fourth-order valence-electron chi connectivity index (χ4n) is 2.19. The Kier molecular flexibility index (Phi) is 2.94. The van der Waals surface area contributed by atoms with E-state index in [2.05, 4.69) is 4.98 Å². The topological polar surface area (TPSA) is 59.2 Å². The van der Waals surface area contributed by atoms with Gasteiger partial charge in [0.25, 0.3) is 5.91 Å². The van der Waals surface area contributed by atoms with E-state index in [1.165, 1.54) is 29.7 Å². The zero-order valence-corrected chi connectivity index (χ0v) is 10.9. The van der Waals surface area contributed by atoms with Gasteiger partial charge in [-0.15, -0.1) is 0 Å². The van der Waals surface area contributed by atoms with Gasteiger partial charge in [-0.05, 0) is 24.1 Å². The zero-order valence-electron chi connectivity index (χ0n) is 10.0. The van der Waals surface area contributed by atoms with Crippen LogP contribution in [0.15, 0.2) is 30.5 Å². The highest BCUT2D eigenvalue weighted by atomic mass is 32.1. The molecule has 1 atom stereocenters. The van der Waals surface area contributed by atoms with Gasteiger partial charge in [0, 0.05) is 6.54 Å². The van der Waals surface area contributed by atoms with Crippen LogP contribution in [0, 0.1) is 5.82 Å². The molecule has 1 amide bonds. The van der Waals surface area contributed by atoms with Crippen molar-refractivity contribution in [1.82, 2.24) is 9.88 Å². The minimum absolute atomic E-state index is 0.0245. The highest BCUT2D eigenvalue weighted by Gasteiger charge is 2.34. The predicted molar refractivity (Wildman–Crippen MR) is 71.3 cm³/mol. The summed E-state index contributed by atoms with van der Waals surface area (Å²) in [6, 6.07) is 6.31. The Labute approximate surface area is 113 Å². The number of hydrogen-bond acceptors (Lipinski definition) is 4. The molecule has 6 heteroatoms. The Balaban J connectivity index is 1.79. The molecular weight excluding hydrogens is 265 g/mol. The van der Waals surface area contributed by atoms with Gasteiger partial charge in [-0.1, -0.05) is 23.5 Å². The minimum Gasteiger partial charge on any atom is -0.375 e. The molecule has 0 spiro atoms. The zero-order chi connectivity index (χ0) is 13.4. The molecule has 0 bridgehead atoms. The second-order valence-corrected chi connectivity index (χ2v) is 5.48. The van der Waals surface area contributed by atoms with Crippen LogP contribution in [-0.2, 0) is 0 Å². The number of nitrogens with two attached hydrogens (primary N) is 1. The van der Waals surface area contributed by atoms with Crippen LogP contribution >= 0.6 is 11.3 Å². The summed E-state index contributed by atoms with van der Waals surface area (Å²) >= 11 is 1.19. The number of anilines is 1. The molecule has 19 heavy (non-hydrogen) atoms. The quantitative estimate of drug-likeness (QED) is 0.917. The number of carbonyl (C=O) groups excluding carboxylic acids is 1. The standard InChI is InChI=1S/C13H12FN3OS/c14-9-3-1-8(2-4-9)10-5-6-17(10)12(18)11-7-16-13(15)19-11/h1-4,7,10H,5-6H2,(H2,15,16). The third-order valence-electron chi connectivity index (χ3n) is 3.27. The van der Waals surface area contributed by atoms with E-state index in [1.54, 1.807) is 17.0 Å². The fraction of sp³-hybridized carbons (Fsp3) is 0.231. The van der Waals surface area contributed by atoms with E-state index in [-0.39, 0.29) is 17.8 Å². The van der Waals surface area contributed by atoms with Crippen LogP contribution in [0.25, 0.3) is 0 Å². The van der Waals surface area contributed by atoms with Gasteiger partial charge in [0.1, 0.15) is 10.7 Å². The van der Waals surface area contributed by atoms with E-state index in [0.29, 0.717) is 16.6 Å². The molecule has 0 aliphatic carbocycles. The van der Waals surface area contributed by atoms with Gasteiger partial charge < -0.3 is 10.6 Å². The van der Waals surface area contributed by atoms with Crippen molar-refractivity contribution in [3.05, 3.63) is 46.7 Å². The maximum atomic E-state index is 12.9. The third-order valence-corrected chi connectivity index (χ3v) is 4.08. The van der Waals surface area contributed by atoms with Gasteiger partial charge >= 0.3 is 0 Å². The van der Waals surface area contributed by atoms with Crippen LogP contribution in [0.1, 0.15) is 27.7 Å².